The first-order valence-electron chi connectivity index (χ1n) is 12.7. The second kappa shape index (κ2) is 10.1. The molecule has 3 N–H and O–H groups in total. The molecule has 3 aromatic heterocycles. The van der Waals surface area contributed by atoms with E-state index in [1.807, 2.05) is 38.1 Å². The van der Waals surface area contributed by atoms with E-state index in [0.717, 1.165) is 69.0 Å². The van der Waals surface area contributed by atoms with E-state index in [9.17, 15) is 9.90 Å². The van der Waals surface area contributed by atoms with Crippen molar-refractivity contribution in [3.05, 3.63) is 53.7 Å². The molecule has 6 rings (SSSR count). The summed E-state index contributed by atoms with van der Waals surface area (Å²) in [5.74, 6) is 0.587. The average molecular weight is 541 g/mol. The topological polar surface area (TPSA) is 142 Å². The lowest BCUT2D eigenvalue weighted by Gasteiger charge is -2.27. The number of nitrogens with one attached hydrogen (secondary N) is 1. The van der Waals surface area contributed by atoms with Gasteiger partial charge in [-0.2, -0.15) is 4.98 Å². The Balaban J connectivity index is 1.40. The average Bonchev–Trinajstić information content (AvgIpc) is 3.33. The molecule has 198 valence electrons. The van der Waals surface area contributed by atoms with Crippen molar-refractivity contribution in [1.29, 1.82) is 0 Å². The molecule has 11 heteroatoms. The Labute approximate surface area is 228 Å². The van der Waals surface area contributed by atoms with E-state index in [1.165, 1.54) is 23.5 Å². The number of carbonyl (C=O) groups excluding carboxylic acids is 1. The number of fused-ring (bicyclic) bond motifs is 3. The molecule has 0 spiro atoms. The van der Waals surface area contributed by atoms with Crippen LogP contribution in [0.2, 0.25) is 0 Å². The van der Waals surface area contributed by atoms with E-state index in [0.29, 0.717) is 29.9 Å². The van der Waals surface area contributed by atoms with Gasteiger partial charge >= 0.3 is 0 Å². The standard InChI is InChI=1S/C28H27N7O3S/c1-3-38-25-23-22(32-28(34-25)35-12-10-30-11-13-35)21-15(2)31-24(33-26(21)39-23)17-6-4-16(5-7-17)19-9-8-18(27(36)37)14-20(19)29/h4-9,14,30H,3,10-13,29H2,1-2H3,(H,36,37)/p-1. The highest BCUT2D eigenvalue weighted by atomic mass is 32.1. The predicted molar refractivity (Wildman–Crippen MR) is 151 cm³/mol. The van der Waals surface area contributed by atoms with Crippen molar-refractivity contribution in [3.63, 3.8) is 0 Å². The Morgan fingerprint density at radius 1 is 1.08 bits per heavy atom. The monoisotopic (exact) mass is 540 g/mol. The zero-order valence-corrected chi connectivity index (χ0v) is 22.3. The number of nitrogens with zero attached hydrogens (tertiary/aromatic N) is 5. The number of carboxylic acid groups (broad SMARTS) is 1. The van der Waals surface area contributed by atoms with Gasteiger partial charge in [0, 0.05) is 43.0 Å². The summed E-state index contributed by atoms with van der Waals surface area (Å²) >= 11 is 1.51. The summed E-state index contributed by atoms with van der Waals surface area (Å²) in [6, 6.07) is 12.3. The normalized spacial score (nSPS) is 13.7. The number of carboxylic acids is 1. The summed E-state index contributed by atoms with van der Waals surface area (Å²) in [7, 11) is 0. The maximum Gasteiger partial charge on any atom is 0.236 e. The van der Waals surface area contributed by atoms with Gasteiger partial charge in [0.2, 0.25) is 11.8 Å². The molecular weight excluding hydrogens is 514 g/mol. The Hall–Kier alpha value is -4.35. The number of nitrogens with two attached hydrogens (primary N) is 1. The first-order chi connectivity index (χ1) is 18.9. The lowest BCUT2D eigenvalue weighted by Crippen LogP contribution is -2.44. The Kier molecular flexibility index (Phi) is 6.45. The lowest BCUT2D eigenvalue weighted by atomic mass is 10.0. The van der Waals surface area contributed by atoms with E-state index in [1.54, 1.807) is 6.07 Å². The number of ether oxygens (including phenoxy) is 1. The third-order valence-corrected chi connectivity index (χ3v) is 7.80. The summed E-state index contributed by atoms with van der Waals surface area (Å²) in [5, 5.41) is 15.4. The van der Waals surface area contributed by atoms with E-state index in [4.69, 9.17) is 30.4 Å². The van der Waals surface area contributed by atoms with E-state index < -0.39 is 5.97 Å². The van der Waals surface area contributed by atoms with Crippen LogP contribution in [0, 0.1) is 6.92 Å². The number of aryl methyl sites for hydroxylation is 1. The van der Waals surface area contributed by atoms with Crippen LogP contribution >= 0.6 is 11.3 Å². The number of benzene rings is 2. The van der Waals surface area contributed by atoms with Crippen LogP contribution in [0.1, 0.15) is 23.0 Å². The van der Waals surface area contributed by atoms with Gasteiger partial charge in [0.15, 0.2) is 5.82 Å². The highest BCUT2D eigenvalue weighted by Crippen LogP contribution is 2.40. The summed E-state index contributed by atoms with van der Waals surface area (Å²) in [6.07, 6.45) is 0. The molecule has 1 aliphatic heterocycles. The molecule has 10 nitrogen and oxygen atoms in total. The molecule has 0 aliphatic carbocycles. The van der Waals surface area contributed by atoms with Crippen LogP contribution < -0.4 is 25.8 Å². The smallest absolute Gasteiger partial charge is 0.236 e. The number of hydrogen-bond donors (Lipinski definition) is 2. The molecule has 2 aromatic carbocycles. The number of hydrogen-bond acceptors (Lipinski definition) is 11. The SMILES string of the molecule is CCOc1nc(N2CCNCC2)nc2c1sc1nc(-c3ccc(-c4ccc(C(=O)[O-])cc4N)cc3)nc(C)c12. The first-order valence-corrected chi connectivity index (χ1v) is 13.5. The third kappa shape index (κ3) is 4.59. The molecule has 0 saturated carbocycles. The molecule has 0 radical (unpaired) electrons. The van der Waals surface area contributed by atoms with Gasteiger partial charge in [-0.25, -0.2) is 15.0 Å². The number of piperazine rings is 1. The number of aromatic carboxylic acids is 1. The minimum atomic E-state index is -1.26. The summed E-state index contributed by atoms with van der Waals surface area (Å²) < 4.78 is 6.81. The van der Waals surface area contributed by atoms with Gasteiger partial charge in [-0.1, -0.05) is 36.4 Å². The van der Waals surface area contributed by atoms with Crippen molar-refractivity contribution in [2.24, 2.45) is 0 Å². The summed E-state index contributed by atoms with van der Waals surface area (Å²) in [6.45, 7) is 7.87. The molecule has 39 heavy (non-hydrogen) atoms. The minimum Gasteiger partial charge on any atom is -0.545 e. The first kappa shape index (κ1) is 25.0. The predicted octanol–water partition coefficient (Wildman–Crippen LogP) is 3.03. The van der Waals surface area contributed by atoms with Crippen molar-refractivity contribution >= 4 is 49.4 Å². The number of thiophene rings is 1. The van der Waals surface area contributed by atoms with Crippen LogP contribution in [-0.2, 0) is 0 Å². The zero-order valence-electron chi connectivity index (χ0n) is 21.5. The van der Waals surface area contributed by atoms with E-state index in [-0.39, 0.29) is 5.56 Å². The third-order valence-electron chi connectivity index (χ3n) is 6.74. The van der Waals surface area contributed by atoms with Crippen LogP contribution in [0.4, 0.5) is 11.6 Å². The minimum absolute atomic E-state index is 0.0469. The fourth-order valence-electron chi connectivity index (χ4n) is 4.79. The highest BCUT2D eigenvalue weighted by molar-refractivity contribution is 7.25. The Morgan fingerprint density at radius 2 is 1.82 bits per heavy atom. The molecule has 1 fully saturated rings. The maximum absolute atomic E-state index is 11.1. The largest absolute Gasteiger partial charge is 0.545 e. The van der Waals surface area contributed by atoms with Crippen molar-refractivity contribution < 1.29 is 14.6 Å². The van der Waals surface area contributed by atoms with Crippen molar-refractivity contribution in [3.8, 4) is 28.4 Å². The lowest BCUT2D eigenvalue weighted by molar-refractivity contribution is -0.255. The van der Waals surface area contributed by atoms with Gasteiger partial charge in [0.1, 0.15) is 15.0 Å². The van der Waals surface area contributed by atoms with E-state index >= 15 is 0 Å². The van der Waals surface area contributed by atoms with Crippen molar-refractivity contribution in [2.45, 2.75) is 13.8 Å². The van der Waals surface area contributed by atoms with Crippen LogP contribution in [-0.4, -0.2) is 58.7 Å². The number of anilines is 2. The van der Waals surface area contributed by atoms with Crippen molar-refractivity contribution in [2.75, 3.05) is 43.4 Å². The maximum atomic E-state index is 11.1. The van der Waals surface area contributed by atoms with Gasteiger partial charge < -0.3 is 30.6 Å². The van der Waals surface area contributed by atoms with Crippen LogP contribution in [0.3, 0.4) is 0 Å². The van der Waals surface area contributed by atoms with Crippen molar-refractivity contribution in [1.82, 2.24) is 25.3 Å². The second-order valence-corrected chi connectivity index (χ2v) is 10.3. The Morgan fingerprint density at radius 3 is 2.51 bits per heavy atom. The van der Waals surface area contributed by atoms with Crippen LogP contribution in [0.5, 0.6) is 5.88 Å². The quantitative estimate of drug-likeness (QED) is 0.309. The molecule has 0 unspecified atom stereocenters. The molecule has 4 heterocycles. The molecule has 1 aliphatic rings. The van der Waals surface area contributed by atoms with Gasteiger partial charge in [0.05, 0.1) is 23.7 Å². The summed E-state index contributed by atoms with van der Waals surface area (Å²) in [5.41, 5.74) is 10.6. The number of nitrogen functional groups attached to an aromatic ring is 1. The second-order valence-electron chi connectivity index (χ2n) is 9.26. The number of aromatic nitrogens is 4. The molecule has 0 atom stereocenters. The van der Waals surface area contributed by atoms with E-state index in [2.05, 4.69) is 10.2 Å². The van der Waals surface area contributed by atoms with Gasteiger partial charge in [-0.05, 0) is 31.0 Å². The highest BCUT2D eigenvalue weighted by Gasteiger charge is 2.22. The molecule has 0 amide bonds. The fourth-order valence-corrected chi connectivity index (χ4v) is 5.90. The summed E-state index contributed by atoms with van der Waals surface area (Å²) in [4.78, 5) is 33.6. The molecule has 1 saturated heterocycles. The van der Waals surface area contributed by atoms with Gasteiger partial charge in [-0.3, -0.25) is 0 Å². The Bertz CT molecular complexity index is 1710. The van der Waals surface area contributed by atoms with Crippen LogP contribution in [0.15, 0.2) is 42.5 Å². The van der Waals surface area contributed by atoms with Gasteiger partial charge in [-0.15, -0.1) is 11.3 Å². The zero-order chi connectivity index (χ0) is 27.1. The van der Waals surface area contributed by atoms with Crippen LogP contribution in [0.25, 0.3) is 42.9 Å². The number of rotatable bonds is 6. The molecular formula is C28H26N7O3S-. The molecule has 0 bridgehead atoms. The fraction of sp³-hybridized carbons (Fsp3) is 0.250. The van der Waals surface area contributed by atoms with Gasteiger partial charge in [0.25, 0.3) is 0 Å². The number of carbonyl (C=O) groups is 1. The molecule has 5 aromatic rings.